The Hall–Kier alpha value is -5.05. The van der Waals surface area contributed by atoms with Crippen molar-refractivity contribution in [3.05, 3.63) is 96.5 Å². The van der Waals surface area contributed by atoms with E-state index in [1.165, 1.54) is 50.4 Å². The zero-order valence-corrected chi connectivity index (χ0v) is 37.8. The highest BCUT2D eigenvalue weighted by Crippen LogP contribution is 2.48. The van der Waals surface area contributed by atoms with Gasteiger partial charge >= 0.3 is 11.9 Å². The van der Waals surface area contributed by atoms with E-state index in [0.717, 1.165) is 92.5 Å². The van der Waals surface area contributed by atoms with Gasteiger partial charge in [0, 0.05) is 74.1 Å². The van der Waals surface area contributed by atoms with Crippen molar-refractivity contribution >= 4 is 47.6 Å². The standard InChI is InChI=1S/C51H68N4O5/c1-12-28(4)17-15-18-29(5)19-16-20-30(6)23-24-60-44(56)22-21-37-33(9)40-25-38-31(7)35(13-2)42(52-38)26-39-32(8)36(14-3)43(53-39)27-41-34(10)45-49(55-41)46(48(37)54-40)47(50(45)57)51(58)59-11/h13,23,25-29,33,37,47,52-55H,2,12,14-22,24H2,1,3-11H3/b30-23+,39-26-,40-25-,43-27-,48-46-/t28-,29+,33+,37+,47-/m1/s1. The van der Waals surface area contributed by atoms with Gasteiger partial charge in [0.1, 0.15) is 12.5 Å². The third-order valence-electron chi connectivity index (χ3n) is 13.8. The highest BCUT2D eigenvalue weighted by atomic mass is 16.5. The van der Waals surface area contributed by atoms with Crippen molar-refractivity contribution in [3.8, 4) is 0 Å². The van der Waals surface area contributed by atoms with Crippen molar-refractivity contribution in [2.45, 2.75) is 127 Å². The molecule has 5 atom stereocenters. The zero-order chi connectivity index (χ0) is 43.4. The molecule has 0 saturated carbocycles. The number of fused-ring (bicyclic) bond motifs is 7. The van der Waals surface area contributed by atoms with Gasteiger partial charge in [-0.2, -0.15) is 0 Å². The van der Waals surface area contributed by atoms with Gasteiger partial charge in [-0.25, -0.2) is 0 Å². The Balaban J connectivity index is 1.31. The molecule has 322 valence electrons. The van der Waals surface area contributed by atoms with E-state index < -0.39 is 11.9 Å². The Morgan fingerprint density at radius 1 is 0.883 bits per heavy atom. The molecule has 3 aliphatic rings. The molecule has 0 spiro atoms. The Morgan fingerprint density at radius 2 is 1.58 bits per heavy atom. The average Bonchev–Trinajstić information content (AvgIpc) is 3.97. The lowest BCUT2D eigenvalue weighted by molar-refractivity contribution is -0.143. The van der Waals surface area contributed by atoms with Crippen LogP contribution >= 0.6 is 0 Å². The van der Waals surface area contributed by atoms with Crippen molar-refractivity contribution in [1.29, 1.82) is 0 Å². The molecular weight excluding hydrogens is 749 g/mol. The largest absolute Gasteiger partial charge is 0.468 e. The molecule has 0 radical (unpaired) electrons. The number of methoxy groups -OCH3 is 1. The van der Waals surface area contributed by atoms with E-state index in [2.05, 4.69) is 100 Å². The van der Waals surface area contributed by atoms with E-state index in [9.17, 15) is 14.4 Å². The molecule has 2 aliphatic heterocycles. The van der Waals surface area contributed by atoms with Crippen LogP contribution in [0.3, 0.4) is 0 Å². The van der Waals surface area contributed by atoms with E-state index >= 15 is 0 Å². The number of aromatic amines is 3. The van der Waals surface area contributed by atoms with Gasteiger partial charge in [-0.15, -0.1) is 0 Å². The molecule has 0 unspecified atom stereocenters. The predicted octanol–water partition coefficient (Wildman–Crippen LogP) is 9.66. The van der Waals surface area contributed by atoms with Crippen molar-refractivity contribution in [3.63, 3.8) is 0 Å². The van der Waals surface area contributed by atoms with Crippen LogP contribution in [0.1, 0.15) is 160 Å². The number of ketones is 1. The van der Waals surface area contributed by atoms with Gasteiger partial charge in [0.05, 0.1) is 12.8 Å². The minimum Gasteiger partial charge on any atom is -0.468 e. The van der Waals surface area contributed by atoms with Crippen molar-refractivity contribution in [2.75, 3.05) is 13.7 Å². The molecule has 0 aromatic carbocycles. The van der Waals surface area contributed by atoms with E-state index in [1.807, 2.05) is 19.1 Å². The number of ether oxygens (including phenoxy) is 2. The van der Waals surface area contributed by atoms with Gasteiger partial charge in [-0.3, -0.25) is 14.4 Å². The fourth-order valence-electron chi connectivity index (χ4n) is 9.62. The van der Waals surface area contributed by atoms with Crippen LogP contribution < -0.4 is 16.0 Å². The second-order valence-corrected chi connectivity index (χ2v) is 17.8. The van der Waals surface area contributed by atoms with Crippen LogP contribution in [-0.4, -0.2) is 46.4 Å². The molecule has 4 N–H and O–H groups in total. The summed E-state index contributed by atoms with van der Waals surface area (Å²) in [5.41, 5.74) is 12.5. The summed E-state index contributed by atoms with van der Waals surface area (Å²) < 4.78 is 11.1. The number of esters is 2. The number of hydrogen-bond donors (Lipinski definition) is 4. The quantitative estimate of drug-likeness (QED) is 0.0611. The topological polar surface area (TPSA) is 129 Å². The molecule has 9 nitrogen and oxygen atoms in total. The van der Waals surface area contributed by atoms with Crippen molar-refractivity contribution in [1.82, 2.24) is 20.3 Å². The molecule has 5 heterocycles. The zero-order valence-electron chi connectivity index (χ0n) is 37.8. The highest BCUT2D eigenvalue weighted by molar-refractivity contribution is 6.24. The minimum atomic E-state index is -1.14. The fraction of sp³-hybridized carbons (Fsp3) is 0.510. The first-order valence-corrected chi connectivity index (χ1v) is 22.4. The number of carbonyl (C=O) groups excluding carboxylic acids is 3. The Kier molecular flexibility index (Phi) is 14.2. The third-order valence-corrected chi connectivity index (χ3v) is 13.8. The maximum absolute atomic E-state index is 14.4. The van der Waals surface area contributed by atoms with Crippen LogP contribution in [0, 0.1) is 50.4 Å². The lowest BCUT2D eigenvalue weighted by Gasteiger charge is -2.19. The first-order valence-electron chi connectivity index (χ1n) is 22.4. The molecule has 1 aliphatic carbocycles. The van der Waals surface area contributed by atoms with Crippen molar-refractivity contribution in [2.24, 2.45) is 29.6 Å². The number of allylic oxidation sites excluding steroid dienone is 3. The van der Waals surface area contributed by atoms with Gasteiger partial charge in [0.15, 0.2) is 5.78 Å². The summed E-state index contributed by atoms with van der Waals surface area (Å²) in [6, 6.07) is 0. The number of aromatic nitrogens is 3. The van der Waals surface area contributed by atoms with Crippen LogP contribution in [0.25, 0.3) is 29.9 Å². The summed E-state index contributed by atoms with van der Waals surface area (Å²) in [5.74, 6) is -1.08. The molecule has 8 bridgehead atoms. The second-order valence-electron chi connectivity index (χ2n) is 17.8. The first-order chi connectivity index (χ1) is 28.7. The summed E-state index contributed by atoms with van der Waals surface area (Å²) in [7, 11) is 1.32. The van der Waals surface area contributed by atoms with E-state index in [-0.39, 0.29) is 36.6 Å². The molecule has 0 amide bonds. The van der Waals surface area contributed by atoms with Crippen LogP contribution in [0.4, 0.5) is 0 Å². The number of rotatable bonds is 17. The normalized spacial score (nSPS) is 22.6. The van der Waals surface area contributed by atoms with Crippen LogP contribution in [0.2, 0.25) is 0 Å². The van der Waals surface area contributed by atoms with Gasteiger partial charge in [0.2, 0.25) is 0 Å². The first kappa shape index (κ1) is 44.5. The lowest BCUT2D eigenvalue weighted by Crippen LogP contribution is -2.25. The number of Topliss-reactive ketones (excluding diaryl/α,β-unsaturated/α-hetero) is 1. The van der Waals surface area contributed by atoms with Crippen LogP contribution in [0.15, 0.2) is 29.6 Å². The lowest BCUT2D eigenvalue weighted by atomic mass is 9.85. The Labute approximate surface area is 357 Å². The van der Waals surface area contributed by atoms with Crippen LogP contribution in [-0.2, 0) is 25.5 Å². The number of hydrogen-bond acceptors (Lipinski definition) is 6. The fourth-order valence-corrected chi connectivity index (χ4v) is 9.62. The summed E-state index contributed by atoms with van der Waals surface area (Å²) in [4.78, 5) is 52.2. The van der Waals surface area contributed by atoms with Crippen molar-refractivity contribution < 1.29 is 23.9 Å². The molecule has 1 saturated heterocycles. The number of H-pyrrole nitrogens is 3. The second kappa shape index (κ2) is 19.1. The third kappa shape index (κ3) is 9.01. The molecule has 3 aromatic heterocycles. The molecule has 6 rings (SSSR count). The molecule has 1 fully saturated rings. The van der Waals surface area contributed by atoms with Gasteiger partial charge < -0.3 is 29.7 Å². The number of carbonyl (C=O) groups is 3. The SMILES string of the molecule is C=Cc1c2[nH]c(c1C)/C=C1\N/C(=C3\c4[nH]c(c(C)c4C(=O)[C@@H]3C(=O)OC)/C=c3\[nH]/c(c(C)c3CC)=C\2)[C@@H](CCC(=O)OC/C=C(\C)CCC[C@@H](C)CCC[C@H](C)CC)[C@@H]1C. The highest BCUT2D eigenvalue weighted by Gasteiger charge is 2.48. The molecular formula is C51H68N4O5. The molecule has 3 aromatic rings. The van der Waals surface area contributed by atoms with E-state index in [1.54, 1.807) is 0 Å². The summed E-state index contributed by atoms with van der Waals surface area (Å²) >= 11 is 0. The van der Waals surface area contributed by atoms with E-state index in [4.69, 9.17) is 9.47 Å². The van der Waals surface area contributed by atoms with Gasteiger partial charge in [-0.05, 0) is 112 Å². The minimum absolute atomic E-state index is 0.0858. The summed E-state index contributed by atoms with van der Waals surface area (Å²) in [5, 5.41) is 5.65. The Bertz CT molecular complexity index is 2360. The van der Waals surface area contributed by atoms with E-state index in [0.29, 0.717) is 23.3 Å². The monoisotopic (exact) mass is 817 g/mol. The Morgan fingerprint density at radius 3 is 2.28 bits per heavy atom. The van der Waals surface area contributed by atoms with Gasteiger partial charge in [-0.1, -0.05) is 85.0 Å². The van der Waals surface area contributed by atoms with Gasteiger partial charge in [0.25, 0.3) is 0 Å². The van der Waals surface area contributed by atoms with Crippen LogP contribution in [0.5, 0.6) is 0 Å². The molecule has 60 heavy (non-hydrogen) atoms. The predicted molar refractivity (Wildman–Crippen MR) is 243 cm³/mol. The smallest absolute Gasteiger partial charge is 0.321 e. The average molecular weight is 817 g/mol. The maximum Gasteiger partial charge on any atom is 0.321 e. The number of nitrogens with one attached hydrogen (secondary N) is 4. The maximum atomic E-state index is 14.4. The molecule has 9 heteroatoms. The summed E-state index contributed by atoms with van der Waals surface area (Å²) in [6.45, 7) is 23.9. The summed E-state index contributed by atoms with van der Waals surface area (Å²) in [6.07, 6.45) is 20.2.